The van der Waals surface area contributed by atoms with E-state index in [1.54, 1.807) is 39.8 Å². The number of rotatable bonds is 5. The number of nitrogens with zero attached hydrogens (tertiary/aromatic N) is 1. The molecule has 0 aromatic heterocycles. The summed E-state index contributed by atoms with van der Waals surface area (Å²) in [5.74, 6) is -0.138. The molecule has 2 N–H and O–H groups in total. The summed E-state index contributed by atoms with van der Waals surface area (Å²) in [4.78, 5) is 37.7. The third kappa shape index (κ3) is 6.09. The van der Waals surface area contributed by atoms with Crippen LogP contribution in [0.15, 0.2) is 42.5 Å². The molecule has 3 rings (SSSR count). The predicted octanol–water partition coefficient (Wildman–Crippen LogP) is 3.91. The van der Waals surface area contributed by atoms with Crippen LogP contribution in [-0.4, -0.2) is 43.1 Å². The van der Waals surface area contributed by atoms with E-state index in [1.165, 1.54) is 5.56 Å². The second kappa shape index (κ2) is 9.85. The fourth-order valence-corrected chi connectivity index (χ4v) is 3.67. The lowest BCUT2D eigenvalue weighted by atomic mass is 9.95. The van der Waals surface area contributed by atoms with Crippen LogP contribution in [0.5, 0.6) is 0 Å². The average Bonchev–Trinajstić information content (AvgIpc) is 2.74. The Labute approximate surface area is 189 Å². The molecule has 0 saturated heterocycles. The van der Waals surface area contributed by atoms with E-state index < -0.39 is 11.7 Å². The minimum Gasteiger partial charge on any atom is -0.444 e. The molecule has 0 aliphatic carbocycles. The molecular weight excluding hydrogens is 406 g/mol. The Kier molecular flexibility index (Phi) is 7.18. The Balaban J connectivity index is 1.56. The van der Waals surface area contributed by atoms with Crippen molar-refractivity contribution in [2.24, 2.45) is 0 Å². The van der Waals surface area contributed by atoms with E-state index in [1.807, 2.05) is 29.2 Å². The van der Waals surface area contributed by atoms with Crippen molar-refractivity contribution in [3.63, 3.8) is 0 Å². The van der Waals surface area contributed by atoms with E-state index in [4.69, 9.17) is 4.74 Å². The van der Waals surface area contributed by atoms with Crippen LogP contribution >= 0.6 is 0 Å². The highest BCUT2D eigenvalue weighted by molar-refractivity contribution is 5.95. The van der Waals surface area contributed by atoms with Gasteiger partial charge in [-0.25, -0.2) is 4.79 Å². The third-order valence-electron chi connectivity index (χ3n) is 5.14. The fourth-order valence-electron chi connectivity index (χ4n) is 3.67. The highest BCUT2D eigenvalue weighted by atomic mass is 16.6. The Bertz CT molecular complexity index is 993. The average molecular weight is 438 g/mol. The van der Waals surface area contributed by atoms with Gasteiger partial charge in [-0.2, -0.15) is 0 Å². The van der Waals surface area contributed by atoms with Gasteiger partial charge >= 0.3 is 6.09 Å². The molecule has 32 heavy (non-hydrogen) atoms. The highest BCUT2D eigenvalue weighted by Crippen LogP contribution is 2.31. The highest BCUT2D eigenvalue weighted by Gasteiger charge is 2.20. The first-order chi connectivity index (χ1) is 15.1. The third-order valence-corrected chi connectivity index (χ3v) is 5.14. The van der Waals surface area contributed by atoms with Gasteiger partial charge in [-0.05, 0) is 74.6 Å². The predicted molar refractivity (Wildman–Crippen MR) is 125 cm³/mol. The lowest BCUT2D eigenvalue weighted by Crippen LogP contribution is -2.37. The molecule has 7 nitrogen and oxygen atoms in total. The van der Waals surface area contributed by atoms with E-state index in [0.29, 0.717) is 12.1 Å². The van der Waals surface area contributed by atoms with Crippen LogP contribution in [0.1, 0.15) is 50.0 Å². The first-order valence-corrected chi connectivity index (χ1v) is 10.9. The van der Waals surface area contributed by atoms with Gasteiger partial charge in [0.2, 0.25) is 5.91 Å². The van der Waals surface area contributed by atoms with Crippen LogP contribution in [-0.2, 0) is 16.0 Å². The molecule has 7 heteroatoms. The minimum absolute atomic E-state index is 0.0651. The molecule has 1 heterocycles. The molecule has 0 bridgehead atoms. The van der Waals surface area contributed by atoms with Crippen LogP contribution in [0, 0.1) is 0 Å². The van der Waals surface area contributed by atoms with E-state index in [0.717, 1.165) is 36.2 Å². The fraction of sp³-hybridized carbons (Fsp3) is 0.400. The van der Waals surface area contributed by atoms with Crippen LogP contribution in [0.2, 0.25) is 0 Å². The minimum atomic E-state index is -0.556. The lowest BCUT2D eigenvalue weighted by Gasteiger charge is -2.29. The largest absolute Gasteiger partial charge is 0.444 e. The van der Waals surface area contributed by atoms with Crippen LogP contribution in [0.25, 0.3) is 11.1 Å². The number of aryl methyl sites for hydroxylation is 1. The molecule has 170 valence electrons. The molecule has 0 saturated carbocycles. The standard InChI is InChI=1S/C25H31N3O4/c1-17(29)28-15-5-6-21-16-20(11-12-22(21)28)18-7-9-19(10-8-18)23(30)26-13-14-27-24(31)32-25(2,3)4/h7-12,16H,5-6,13-15H2,1-4H3,(H,26,30)(H,27,31). The monoisotopic (exact) mass is 437 g/mol. The van der Waals surface area contributed by atoms with Crippen LogP contribution < -0.4 is 15.5 Å². The van der Waals surface area contributed by atoms with Crippen molar-refractivity contribution in [2.45, 2.75) is 46.1 Å². The number of alkyl carbamates (subject to hydrolysis) is 1. The number of fused-ring (bicyclic) bond motifs is 1. The number of carbonyl (C=O) groups is 3. The molecule has 2 aromatic carbocycles. The molecule has 1 aliphatic rings. The van der Waals surface area contributed by atoms with Crippen molar-refractivity contribution >= 4 is 23.6 Å². The summed E-state index contributed by atoms with van der Waals surface area (Å²) in [6.45, 7) is 8.33. The van der Waals surface area contributed by atoms with Gasteiger partial charge < -0.3 is 20.3 Å². The molecule has 0 radical (unpaired) electrons. The molecule has 3 amide bonds. The van der Waals surface area contributed by atoms with Crippen molar-refractivity contribution in [3.05, 3.63) is 53.6 Å². The quantitative estimate of drug-likeness (QED) is 0.695. The van der Waals surface area contributed by atoms with E-state index >= 15 is 0 Å². The van der Waals surface area contributed by atoms with Crippen molar-refractivity contribution in [2.75, 3.05) is 24.5 Å². The summed E-state index contributed by atoms with van der Waals surface area (Å²) >= 11 is 0. The van der Waals surface area contributed by atoms with Crippen molar-refractivity contribution < 1.29 is 19.1 Å². The second-order valence-corrected chi connectivity index (χ2v) is 8.88. The zero-order valence-corrected chi connectivity index (χ0v) is 19.2. The lowest BCUT2D eigenvalue weighted by molar-refractivity contribution is -0.116. The molecule has 1 aliphatic heterocycles. The maximum atomic E-state index is 12.4. The van der Waals surface area contributed by atoms with Crippen molar-refractivity contribution in [1.29, 1.82) is 0 Å². The van der Waals surface area contributed by atoms with Gasteiger partial charge in [0.25, 0.3) is 5.91 Å². The number of hydrogen-bond acceptors (Lipinski definition) is 4. The van der Waals surface area contributed by atoms with Gasteiger partial charge in [-0.3, -0.25) is 9.59 Å². The smallest absolute Gasteiger partial charge is 0.407 e. The maximum Gasteiger partial charge on any atom is 0.407 e. The topological polar surface area (TPSA) is 87.7 Å². The summed E-state index contributed by atoms with van der Waals surface area (Å²) in [7, 11) is 0. The van der Waals surface area contributed by atoms with E-state index in [2.05, 4.69) is 16.7 Å². The molecular formula is C25H31N3O4. The SMILES string of the molecule is CC(=O)N1CCCc2cc(-c3ccc(C(=O)NCCNC(=O)OC(C)(C)C)cc3)ccc21. The van der Waals surface area contributed by atoms with E-state index in [-0.39, 0.29) is 18.4 Å². The molecule has 0 unspecified atom stereocenters. The molecule has 0 spiro atoms. The number of ether oxygens (including phenoxy) is 1. The molecule has 0 atom stereocenters. The van der Waals surface area contributed by atoms with Crippen LogP contribution in [0.4, 0.5) is 10.5 Å². The summed E-state index contributed by atoms with van der Waals surface area (Å²) in [5, 5.41) is 5.40. The Morgan fingerprint density at radius 1 is 0.969 bits per heavy atom. The van der Waals surface area contributed by atoms with Gasteiger partial charge in [0.15, 0.2) is 0 Å². The summed E-state index contributed by atoms with van der Waals surface area (Å²) in [6.07, 6.45) is 1.40. The number of nitrogens with one attached hydrogen (secondary N) is 2. The number of benzene rings is 2. The van der Waals surface area contributed by atoms with Crippen LogP contribution in [0.3, 0.4) is 0 Å². The molecule has 0 fully saturated rings. The Hall–Kier alpha value is -3.35. The number of carbonyl (C=O) groups excluding carboxylic acids is 3. The first kappa shape index (κ1) is 23.3. The Morgan fingerprint density at radius 3 is 2.28 bits per heavy atom. The zero-order chi connectivity index (χ0) is 23.3. The summed E-state index contributed by atoms with van der Waals surface area (Å²) in [6, 6.07) is 13.5. The van der Waals surface area contributed by atoms with Gasteiger partial charge in [-0.15, -0.1) is 0 Å². The summed E-state index contributed by atoms with van der Waals surface area (Å²) in [5.41, 5.74) is 4.22. The first-order valence-electron chi connectivity index (χ1n) is 10.9. The van der Waals surface area contributed by atoms with Crippen molar-refractivity contribution in [3.8, 4) is 11.1 Å². The normalized spacial score (nSPS) is 13.2. The number of amides is 3. The van der Waals surface area contributed by atoms with Gasteiger partial charge in [0, 0.05) is 37.8 Å². The number of hydrogen-bond donors (Lipinski definition) is 2. The number of anilines is 1. The van der Waals surface area contributed by atoms with Gasteiger partial charge in [-0.1, -0.05) is 18.2 Å². The molecule has 2 aromatic rings. The maximum absolute atomic E-state index is 12.4. The van der Waals surface area contributed by atoms with E-state index in [9.17, 15) is 14.4 Å². The Morgan fingerprint density at radius 2 is 1.62 bits per heavy atom. The second-order valence-electron chi connectivity index (χ2n) is 8.88. The van der Waals surface area contributed by atoms with Crippen molar-refractivity contribution in [1.82, 2.24) is 10.6 Å². The van der Waals surface area contributed by atoms with Gasteiger partial charge in [0.05, 0.1) is 0 Å². The summed E-state index contributed by atoms with van der Waals surface area (Å²) < 4.78 is 5.15. The zero-order valence-electron chi connectivity index (χ0n) is 19.2. The van der Waals surface area contributed by atoms with Gasteiger partial charge in [0.1, 0.15) is 5.60 Å².